The van der Waals surface area contributed by atoms with Gasteiger partial charge in [0, 0.05) is 29.7 Å². The molecule has 4 rings (SSSR count). The van der Waals surface area contributed by atoms with Gasteiger partial charge in [0.05, 0.1) is 16.6 Å². The Kier molecular flexibility index (Phi) is 5.16. The number of nitrogens with one attached hydrogen (secondary N) is 2. The van der Waals surface area contributed by atoms with Crippen molar-refractivity contribution < 1.29 is 14.0 Å². The molecule has 9 heteroatoms. The minimum Gasteiger partial charge on any atom is -0.363 e. The Hall–Kier alpha value is -4.14. The van der Waals surface area contributed by atoms with Crippen LogP contribution >= 0.6 is 0 Å². The molecule has 1 aromatic carbocycles. The summed E-state index contributed by atoms with van der Waals surface area (Å²) in [5.41, 5.74) is 7.77. The Bertz CT molecular complexity index is 1300. The van der Waals surface area contributed by atoms with Crippen molar-refractivity contribution in [2.45, 2.75) is 19.8 Å². The molecule has 31 heavy (non-hydrogen) atoms. The molecule has 0 bridgehead atoms. The number of rotatable bonds is 6. The van der Waals surface area contributed by atoms with Crippen molar-refractivity contribution in [3.8, 4) is 11.4 Å². The number of fused-ring (bicyclic) bond motifs is 1. The van der Waals surface area contributed by atoms with Crippen molar-refractivity contribution in [1.82, 2.24) is 19.9 Å². The lowest BCUT2D eigenvalue weighted by Gasteiger charge is -2.15. The average Bonchev–Trinajstić information content (AvgIpc) is 3.18. The molecule has 4 aromatic rings. The second kappa shape index (κ2) is 7.94. The Morgan fingerprint density at radius 1 is 1.13 bits per heavy atom. The molecule has 0 saturated carbocycles. The van der Waals surface area contributed by atoms with Crippen molar-refractivity contribution in [3.05, 3.63) is 65.9 Å². The molecule has 8 nitrogen and oxygen atoms in total. The SMILES string of the molecule is CC(C)c1cnc(-c2ccc(F)cc2)nc1Nc1ccnc2[nH]cc(C(=O)C(N)=O)c12. The third-order valence-corrected chi connectivity index (χ3v) is 4.84. The molecule has 0 radical (unpaired) electrons. The quantitative estimate of drug-likeness (QED) is 0.324. The number of nitrogens with two attached hydrogens (primary N) is 1. The smallest absolute Gasteiger partial charge is 0.289 e. The van der Waals surface area contributed by atoms with Crippen molar-refractivity contribution >= 4 is 34.2 Å². The second-order valence-corrected chi connectivity index (χ2v) is 7.26. The Balaban J connectivity index is 1.83. The topological polar surface area (TPSA) is 127 Å². The number of anilines is 2. The number of Topliss-reactive ketones (excluding diaryl/α,β-unsaturated/α-hetero) is 1. The van der Waals surface area contributed by atoms with Crippen LogP contribution in [0.15, 0.2) is 48.9 Å². The molecule has 3 heterocycles. The van der Waals surface area contributed by atoms with E-state index in [0.29, 0.717) is 33.9 Å². The minimum atomic E-state index is -1.06. The van der Waals surface area contributed by atoms with Crippen molar-refractivity contribution in [3.63, 3.8) is 0 Å². The van der Waals surface area contributed by atoms with Gasteiger partial charge in [0.25, 0.3) is 11.7 Å². The van der Waals surface area contributed by atoms with Gasteiger partial charge in [0.15, 0.2) is 5.82 Å². The molecule has 0 saturated heterocycles. The summed E-state index contributed by atoms with van der Waals surface area (Å²) in [6.45, 7) is 4.00. The van der Waals surface area contributed by atoms with Crippen LogP contribution in [0.1, 0.15) is 35.7 Å². The summed E-state index contributed by atoms with van der Waals surface area (Å²) in [6, 6.07) is 7.57. The zero-order chi connectivity index (χ0) is 22.1. The summed E-state index contributed by atoms with van der Waals surface area (Å²) < 4.78 is 13.3. The first kappa shape index (κ1) is 20.1. The first-order valence-corrected chi connectivity index (χ1v) is 9.55. The highest BCUT2D eigenvalue weighted by Gasteiger charge is 2.21. The fourth-order valence-electron chi connectivity index (χ4n) is 3.25. The number of carbonyl (C=O) groups excluding carboxylic acids is 2. The zero-order valence-electron chi connectivity index (χ0n) is 16.8. The van der Waals surface area contributed by atoms with Gasteiger partial charge in [-0.3, -0.25) is 9.59 Å². The summed E-state index contributed by atoms with van der Waals surface area (Å²) in [5, 5.41) is 3.68. The van der Waals surface area contributed by atoms with Gasteiger partial charge < -0.3 is 16.0 Å². The molecule has 3 aromatic heterocycles. The van der Waals surface area contributed by atoms with Crippen molar-refractivity contribution in [1.29, 1.82) is 0 Å². The van der Waals surface area contributed by atoms with E-state index in [1.165, 1.54) is 18.3 Å². The molecular weight excluding hydrogens is 399 g/mol. The highest BCUT2D eigenvalue weighted by molar-refractivity contribution is 6.44. The number of hydrogen-bond donors (Lipinski definition) is 3. The molecule has 0 aliphatic carbocycles. The monoisotopic (exact) mass is 418 g/mol. The van der Waals surface area contributed by atoms with E-state index < -0.39 is 11.7 Å². The largest absolute Gasteiger partial charge is 0.363 e. The van der Waals surface area contributed by atoms with E-state index in [-0.39, 0.29) is 17.3 Å². The fraction of sp³-hybridized carbons (Fsp3) is 0.136. The Morgan fingerprint density at radius 2 is 1.87 bits per heavy atom. The van der Waals surface area contributed by atoms with Crippen LogP contribution in [-0.4, -0.2) is 31.6 Å². The number of ketones is 1. The number of aromatic nitrogens is 4. The van der Waals surface area contributed by atoms with Crippen LogP contribution in [-0.2, 0) is 4.79 Å². The van der Waals surface area contributed by atoms with E-state index in [4.69, 9.17) is 5.73 Å². The number of hydrogen-bond acceptors (Lipinski definition) is 6. The number of carbonyl (C=O) groups is 2. The van der Waals surface area contributed by atoms with Crippen molar-refractivity contribution in [2.24, 2.45) is 5.73 Å². The molecule has 0 aliphatic rings. The predicted molar refractivity (Wildman–Crippen MR) is 114 cm³/mol. The molecule has 4 N–H and O–H groups in total. The number of nitrogens with zero attached hydrogens (tertiary/aromatic N) is 3. The van der Waals surface area contributed by atoms with Crippen LogP contribution in [0.25, 0.3) is 22.4 Å². The van der Waals surface area contributed by atoms with E-state index in [0.717, 1.165) is 5.56 Å². The molecule has 1 amide bonds. The minimum absolute atomic E-state index is 0.0973. The normalized spacial score (nSPS) is 11.1. The Morgan fingerprint density at radius 3 is 2.55 bits per heavy atom. The molecular formula is C22H19FN6O2. The van der Waals surface area contributed by atoms with Crippen LogP contribution in [0, 0.1) is 5.82 Å². The molecule has 0 fully saturated rings. The summed E-state index contributed by atoms with van der Waals surface area (Å²) in [5.74, 6) is -1.19. The maximum atomic E-state index is 13.3. The fourth-order valence-corrected chi connectivity index (χ4v) is 3.25. The predicted octanol–water partition coefficient (Wildman–Crippen LogP) is 3.69. The maximum Gasteiger partial charge on any atom is 0.289 e. The summed E-state index contributed by atoms with van der Waals surface area (Å²) in [6.07, 6.45) is 4.68. The zero-order valence-corrected chi connectivity index (χ0v) is 16.8. The first-order chi connectivity index (χ1) is 14.8. The molecule has 156 valence electrons. The summed E-state index contributed by atoms with van der Waals surface area (Å²) in [4.78, 5) is 39.9. The molecule has 0 aliphatic heterocycles. The summed E-state index contributed by atoms with van der Waals surface area (Å²) in [7, 11) is 0. The number of primary amides is 1. The third kappa shape index (κ3) is 3.85. The highest BCUT2D eigenvalue weighted by atomic mass is 19.1. The number of amides is 1. The number of benzene rings is 1. The lowest BCUT2D eigenvalue weighted by Crippen LogP contribution is -2.22. The Labute approximate surface area is 176 Å². The first-order valence-electron chi connectivity index (χ1n) is 9.55. The maximum absolute atomic E-state index is 13.3. The van der Waals surface area contributed by atoms with Crippen molar-refractivity contribution in [2.75, 3.05) is 5.32 Å². The van der Waals surface area contributed by atoms with E-state index in [2.05, 4.69) is 25.3 Å². The lowest BCUT2D eigenvalue weighted by atomic mass is 10.0. The van der Waals surface area contributed by atoms with E-state index >= 15 is 0 Å². The van der Waals surface area contributed by atoms with Gasteiger partial charge in [-0.1, -0.05) is 13.8 Å². The highest BCUT2D eigenvalue weighted by Crippen LogP contribution is 2.32. The molecule has 0 atom stereocenters. The third-order valence-electron chi connectivity index (χ3n) is 4.84. The molecule has 0 unspecified atom stereocenters. The number of pyridine rings is 1. The molecule has 0 spiro atoms. The van der Waals surface area contributed by atoms with Gasteiger partial charge >= 0.3 is 0 Å². The van der Waals surface area contributed by atoms with Crippen LogP contribution in [0.3, 0.4) is 0 Å². The lowest BCUT2D eigenvalue weighted by molar-refractivity contribution is -0.114. The van der Waals surface area contributed by atoms with Gasteiger partial charge in [-0.15, -0.1) is 0 Å². The van der Waals surface area contributed by atoms with Crippen LogP contribution in [0.4, 0.5) is 15.9 Å². The second-order valence-electron chi connectivity index (χ2n) is 7.26. The summed E-state index contributed by atoms with van der Waals surface area (Å²) >= 11 is 0. The van der Waals surface area contributed by atoms with Crippen LogP contribution in [0.5, 0.6) is 0 Å². The number of H-pyrrole nitrogens is 1. The van der Waals surface area contributed by atoms with E-state index in [1.54, 1.807) is 30.6 Å². The standard InChI is InChI=1S/C22H19FN6O2/c1-11(2)14-9-26-20(12-3-5-13(23)6-4-12)29-21(14)28-16-7-8-25-22-17(16)15(10-27-22)18(30)19(24)31/h3-11H,1-2H3,(H2,24,31)(H2,25,26,27,28,29). The number of aromatic amines is 1. The van der Waals surface area contributed by atoms with Gasteiger partial charge in [-0.2, -0.15) is 0 Å². The van der Waals surface area contributed by atoms with Gasteiger partial charge in [-0.25, -0.2) is 19.3 Å². The average molecular weight is 418 g/mol. The van der Waals surface area contributed by atoms with Gasteiger partial charge in [-0.05, 0) is 36.2 Å². The van der Waals surface area contributed by atoms with Gasteiger partial charge in [0.2, 0.25) is 0 Å². The van der Waals surface area contributed by atoms with E-state index in [1.807, 2.05) is 13.8 Å². The van der Waals surface area contributed by atoms with Crippen LogP contribution < -0.4 is 11.1 Å². The van der Waals surface area contributed by atoms with E-state index in [9.17, 15) is 14.0 Å². The number of halogens is 1. The van der Waals surface area contributed by atoms with Gasteiger partial charge in [0.1, 0.15) is 17.3 Å². The van der Waals surface area contributed by atoms with Crippen LogP contribution in [0.2, 0.25) is 0 Å².